The van der Waals surface area contributed by atoms with Gasteiger partial charge in [-0.3, -0.25) is 9.69 Å². The van der Waals surface area contributed by atoms with E-state index in [2.05, 4.69) is 5.32 Å². The van der Waals surface area contributed by atoms with E-state index in [-0.39, 0.29) is 18.3 Å². The van der Waals surface area contributed by atoms with Crippen LogP contribution in [-0.2, 0) is 11.3 Å². The fourth-order valence-corrected chi connectivity index (χ4v) is 2.45. The lowest BCUT2D eigenvalue weighted by atomic mass is 10.2. The zero-order chi connectivity index (χ0) is 13.8. The Hall–Kier alpha value is -1.56. The highest BCUT2D eigenvalue weighted by Crippen LogP contribution is 2.15. The number of amides is 3. The van der Waals surface area contributed by atoms with Gasteiger partial charge in [-0.25, -0.2) is 9.18 Å². The first-order valence-electron chi connectivity index (χ1n) is 5.97. The van der Waals surface area contributed by atoms with E-state index in [0.717, 1.165) is 10.7 Å². The molecule has 1 saturated heterocycles. The summed E-state index contributed by atoms with van der Waals surface area (Å²) in [6.07, 6.45) is 2.57. The van der Waals surface area contributed by atoms with E-state index >= 15 is 0 Å². The Kier molecular flexibility index (Phi) is 4.42. The van der Waals surface area contributed by atoms with Crippen molar-refractivity contribution in [2.75, 3.05) is 12.0 Å². The molecule has 0 bridgehead atoms. The average Bonchev–Trinajstić information content (AvgIpc) is 2.64. The topological polar surface area (TPSA) is 49.4 Å². The maximum atomic E-state index is 13.1. The molecule has 0 unspecified atom stereocenters. The Morgan fingerprint density at radius 2 is 2.21 bits per heavy atom. The molecule has 0 aromatic heterocycles. The van der Waals surface area contributed by atoms with Crippen LogP contribution < -0.4 is 5.32 Å². The normalized spacial score (nSPS) is 18.8. The van der Waals surface area contributed by atoms with Crippen LogP contribution in [0.3, 0.4) is 0 Å². The van der Waals surface area contributed by atoms with Gasteiger partial charge in [0.25, 0.3) is 5.91 Å². The van der Waals surface area contributed by atoms with E-state index in [1.807, 2.05) is 6.26 Å². The predicted octanol–water partition coefficient (Wildman–Crippen LogP) is 2.00. The number of carbonyl (C=O) groups excluding carboxylic acids is 2. The summed E-state index contributed by atoms with van der Waals surface area (Å²) in [6.45, 7) is 0.109. The molecule has 0 spiro atoms. The molecule has 1 atom stereocenters. The summed E-state index contributed by atoms with van der Waals surface area (Å²) < 4.78 is 13.1. The number of urea groups is 1. The number of benzene rings is 1. The van der Waals surface area contributed by atoms with Gasteiger partial charge in [-0.1, -0.05) is 12.1 Å². The summed E-state index contributed by atoms with van der Waals surface area (Å²) >= 11 is 1.63. The zero-order valence-electron chi connectivity index (χ0n) is 10.6. The van der Waals surface area contributed by atoms with E-state index < -0.39 is 12.1 Å². The van der Waals surface area contributed by atoms with Gasteiger partial charge in [-0.15, -0.1) is 0 Å². The van der Waals surface area contributed by atoms with E-state index in [4.69, 9.17) is 0 Å². The van der Waals surface area contributed by atoms with Crippen LogP contribution in [0, 0.1) is 5.82 Å². The van der Waals surface area contributed by atoms with E-state index in [1.165, 1.54) is 12.1 Å². The fraction of sp³-hybridized carbons (Fsp3) is 0.385. The van der Waals surface area contributed by atoms with Gasteiger partial charge in [0, 0.05) is 0 Å². The van der Waals surface area contributed by atoms with Gasteiger partial charge in [-0.05, 0) is 36.1 Å². The van der Waals surface area contributed by atoms with Crippen molar-refractivity contribution in [1.82, 2.24) is 10.2 Å². The van der Waals surface area contributed by atoms with Crippen molar-refractivity contribution in [2.45, 2.75) is 19.0 Å². The number of carbonyl (C=O) groups is 2. The Bertz CT molecular complexity index is 495. The van der Waals surface area contributed by atoms with E-state index in [1.54, 1.807) is 23.9 Å². The first-order valence-corrected chi connectivity index (χ1v) is 7.36. The van der Waals surface area contributed by atoms with E-state index in [9.17, 15) is 14.0 Å². The van der Waals surface area contributed by atoms with Crippen molar-refractivity contribution >= 4 is 23.7 Å². The molecule has 102 valence electrons. The average molecular weight is 282 g/mol. The van der Waals surface area contributed by atoms with Crippen LogP contribution in [0.2, 0.25) is 0 Å². The number of imide groups is 1. The SMILES string of the molecule is CSCC[C@H]1NC(=O)N(Cc2cccc(F)c2)C1=O. The van der Waals surface area contributed by atoms with Gasteiger partial charge < -0.3 is 5.32 Å². The zero-order valence-corrected chi connectivity index (χ0v) is 11.4. The van der Waals surface area contributed by atoms with Gasteiger partial charge >= 0.3 is 6.03 Å². The lowest BCUT2D eigenvalue weighted by Crippen LogP contribution is -2.31. The van der Waals surface area contributed by atoms with Gasteiger partial charge in [0.15, 0.2) is 0 Å². The predicted molar refractivity (Wildman–Crippen MR) is 72.3 cm³/mol. The summed E-state index contributed by atoms with van der Waals surface area (Å²) in [7, 11) is 0. The first-order chi connectivity index (χ1) is 9.11. The van der Waals surface area contributed by atoms with Crippen LogP contribution in [0.5, 0.6) is 0 Å². The third-order valence-electron chi connectivity index (χ3n) is 2.95. The minimum absolute atomic E-state index is 0.109. The molecule has 1 aromatic rings. The molecule has 3 amide bonds. The van der Waals surface area contributed by atoms with Crippen LogP contribution in [0.25, 0.3) is 0 Å². The Labute approximate surface area is 115 Å². The number of hydrogen-bond acceptors (Lipinski definition) is 3. The molecular formula is C13H15FN2O2S. The van der Waals surface area contributed by atoms with Crippen molar-refractivity contribution < 1.29 is 14.0 Å². The maximum absolute atomic E-state index is 13.1. The molecular weight excluding hydrogens is 267 g/mol. The molecule has 2 rings (SSSR count). The van der Waals surface area contributed by atoms with Gasteiger partial charge in [-0.2, -0.15) is 11.8 Å². The third-order valence-corrected chi connectivity index (χ3v) is 3.59. The second kappa shape index (κ2) is 6.06. The molecule has 1 heterocycles. The molecule has 19 heavy (non-hydrogen) atoms. The number of thioether (sulfide) groups is 1. The van der Waals surface area contributed by atoms with Crippen LogP contribution >= 0.6 is 11.8 Å². The smallest absolute Gasteiger partial charge is 0.325 e. The van der Waals surface area contributed by atoms with Gasteiger partial charge in [0.2, 0.25) is 0 Å². The minimum atomic E-state index is -0.450. The molecule has 1 N–H and O–H groups in total. The second-order valence-corrected chi connectivity index (χ2v) is 5.32. The molecule has 0 aliphatic carbocycles. The molecule has 1 aliphatic rings. The Morgan fingerprint density at radius 3 is 2.89 bits per heavy atom. The maximum Gasteiger partial charge on any atom is 0.325 e. The van der Waals surface area contributed by atoms with Crippen molar-refractivity contribution in [3.05, 3.63) is 35.6 Å². The van der Waals surface area contributed by atoms with Gasteiger partial charge in [0.1, 0.15) is 11.9 Å². The summed E-state index contributed by atoms with van der Waals surface area (Å²) in [5.74, 6) is 0.205. The van der Waals surface area contributed by atoms with E-state index in [0.29, 0.717) is 12.0 Å². The second-order valence-electron chi connectivity index (χ2n) is 4.34. The number of halogens is 1. The highest BCUT2D eigenvalue weighted by molar-refractivity contribution is 7.98. The highest BCUT2D eigenvalue weighted by Gasteiger charge is 2.37. The molecule has 1 fully saturated rings. The Balaban J connectivity index is 2.04. The monoisotopic (exact) mass is 282 g/mol. The van der Waals surface area contributed by atoms with Crippen LogP contribution in [0.4, 0.5) is 9.18 Å². The summed E-state index contributed by atoms with van der Waals surface area (Å²) in [5.41, 5.74) is 0.606. The summed E-state index contributed by atoms with van der Waals surface area (Å²) in [5, 5.41) is 2.65. The number of hydrogen-bond donors (Lipinski definition) is 1. The largest absolute Gasteiger partial charge is 0.326 e. The lowest BCUT2D eigenvalue weighted by Gasteiger charge is -2.13. The fourth-order valence-electron chi connectivity index (χ4n) is 1.98. The van der Waals surface area contributed by atoms with Crippen LogP contribution in [0.15, 0.2) is 24.3 Å². The number of rotatable bonds is 5. The van der Waals surface area contributed by atoms with Crippen molar-refractivity contribution in [1.29, 1.82) is 0 Å². The third kappa shape index (κ3) is 3.26. The van der Waals surface area contributed by atoms with Crippen LogP contribution in [0.1, 0.15) is 12.0 Å². The van der Waals surface area contributed by atoms with Crippen LogP contribution in [-0.4, -0.2) is 34.9 Å². The quantitative estimate of drug-likeness (QED) is 0.840. The number of nitrogens with zero attached hydrogens (tertiary/aromatic N) is 1. The number of nitrogens with one attached hydrogen (secondary N) is 1. The molecule has 0 radical (unpaired) electrons. The molecule has 0 saturated carbocycles. The highest BCUT2D eigenvalue weighted by atomic mass is 32.2. The summed E-state index contributed by atoms with van der Waals surface area (Å²) in [4.78, 5) is 24.9. The lowest BCUT2D eigenvalue weighted by molar-refractivity contribution is -0.127. The first kappa shape index (κ1) is 13.9. The molecule has 4 nitrogen and oxygen atoms in total. The minimum Gasteiger partial charge on any atom is -0.326 e. The van der Waals surface area contributed by atoms with Crippen molar-refractivity contribution in [3.8, 4) is 0 Å². The van der Waals surface area contributed by atoms with Crippen molar-refractivity contribution in [3.63, 3.8) is 0 Å². The molecule has 1 aliphatic heterocycles. The standard InChI is InChI=1S/C13H15FN2O2S/c1-19-6-5-11-12(17)16(13(18)15-11)8-9-3-2-4-10(14)7-9/h2-4,7,11H,5-6,8H2,1H3,(H,15,18)/t11-/m1/s1. The summed E-state index contributed by atoms with van der Waals surface area (Å²) in [6, 6.07) is 5.06. The van der Waals surface area contributed by atoms with Crippen molar-refractivity contribution in [2.24, 2.45) is 0 Å². The van der Waals surface area contributed by atoms with Gasteiger partial charge in [0.05, 0.1) is 6.54 Å². The molecule has 6 heteroatoms. The Morgan fingerprint density at radius 1 is 1.42 bits per heavy atom. The molecule has 1 aromatic carbocycles.